The first-order valence-electron chi connectivity index (χ1n) is 10.9. The molecule has 3 heteroatoms. The third-order valence-corrected chi connectivity index (χ3v) is 6.69. The predicted octanol–water partition coefficient (Wildman–Crippen LogP) is 6.44. The third-order valence-electron chi connectivity index (χ3n) is 6.13. The molecule has 0 spiro atoms. The SMILES string of the molecule is CCCCC(CC)COc1ccc(P)c(CC(=O)c2c(C)cc(C)c(C)c2C)c1. The molecule has 0 aliphatic heterocycles. The van der Waals surface area contributed by atoms with Gasteiger partial charge in [-0.2, -0.15) is 0 Å². The van der Waals surface area contributed by atoms with Crippen molar-refractivity contribution in [2.45, 2.75) is 73.6 Å². The van der Waals surface area contributed by atoms with Gasteiger partial charge in [-0.1, -0.05) is 45.2 Å². The highest BCUT2D eigenvalue weighted by Gasteiger charge is 2.17. The van der Waals surface area contributed by atoms with E-state index in [1.807, 2.05) is 25.1 Å². The molecule has 0 saturated carbocycles. The van der Waals surface area contributed by atoms with Crippen LogP contribution in [-0.4, -0.2) is 12.4 Å². The molecule has 2 aromatic carbocycles. The van der Waals surface area contributed by atoms with Crippen molar-refractivity contribution in [3.05, 3.63) is 57.6 Å². The third kappa shape index (κ3) is 6.16. The maximum Gasteiger partial charge on any atom is 0.167 e. The summed E-state index contributed by atoms with van der Waals surface area (Å²) in [6, 6.07) is 8.21. The Hall–Kier alpha value is -1.66. The number of rotatable bonds is 10. The number of carbonyl (C=O) groups is 1. The van der Waals surface area contributed by atoms with Crippen LogP contribution in [0.5, 0.6) is 5.75 Å². The zero-order valence-corrected chi connectivity index (χ0v) is 20.2. The Kier molecular flexibility index (Phi) is 8.90. The van der Waals surface area contributed by atoms with Crippen molar-refractivity contribution in [1.29, 1.82) is 0 Å². The van der Waals surface area contributed by atoms with E-state index in [2.05, 4.69) is 49.9 Å². The minimum atomic E-state index is 0.179. The van der Waals surface area contributed by atoms with Gasteiger partial charge in [-0.25, -0.2) is 0 Å². The Morgan fingerprint density at radius 1 is 1.03 bits per heavy atom. The Balaban J connectivity index is 2.16. The average molecular weight is 413 g/mol. The predicted molar refractivity (Wildman–Crippen MR) is 128 cm³/mol. The maximum absolute atomic E-state index is 13.2. The molecule has 2 rings (SSSR count). The van der Waals surface area contributed by atoms with Crippen LogP contribution in [0.15, 0.2) is 24.3 Å². The first-order chi connectivity index (χ1) is 13.8. The summed E-state index contributed by atoms with van der Waals surface area (Å²) < 4.78 is 6.10. The molecule has 2 nitrogen and oxygen atoms in total. The fraction of sp³-hybridized carbons (Fsp3) is 0.500. The van der Waals surface area contributed by atoms with Crippen molar-refractivity contribution in [2.24, 2.45) is 5.92 Å². The van der Waals surface area contributed by atoms with Gasteiger partial charge in [0.1, 0.15) is 5.75 Å². The zero-order chi connectivity index (χ0) is 21.6. The monoisotopic (exact) mass is 412 g/mol. The van der Waals surface area contributed by atoms with Crippen molar-refractivity contribution in [3.8, 4) is 5.75 Å². The highest BCUT2D eigenvalue weighted by molar-refractivity contribution is 7.27. The van der Waals surface area contributed by atoms with Gasteiger partial charge in [0, 0.05) is 12.0 Å². The molecule has 0 fully saturated rings. The number of benzene rings is 2. The van der Waals surface area contributed by atoms with Crippen molar-refractivity contribution in [2.75, 3.05) is 6.61 Å². The lowest BCUT2D eigenvalue weighted by atomic mass is 9.90. The quantitative estimate of drug-likeness (QED) is 0.331. The molecular formula is C26H37O2P. The van der Waals surface area contributed by atoms with Crippen molar-refractivity contribution in [1.82, 2.24) is 0 Å². The fourth-order valence-corrected chi connectivity index (χ4v) is 4.19. The van der Waals surface area contributed by atoms with Crippen LogP contribution in [0.3, 0.4) is 0 Å². The second-order valence-corrected chi connectivity index (χ2v) is 8.95. The van der Waals surface area contributed by atoms with Crippen molar-refractivity contribution >= 4 is 20.3 Å². The molecule has 2 aromatic rings. The maximum atomic E-state index is 13.2. The van der Waals surface area contributed by atoms with E-state index in [4.69, 9.17) is 4.74 Å². The van der Waals surface area contributed by atoms with Gasteiger partial charge >= 0.3 is 0 Å². The molecule has 0 aromatic heterocycles. The lowest BCUT2D eigenvalue weighted by Crippen LogP contribution is -2.15. The second kappa shape index (κ2) is 10.9. The van der Waals surface area contributed by atoms with Gasteiger partial charge in [0.2, 0.25) is 0 Å². The zero-order valence-electron chi connectivity index (χ0n) is 19.0. The van der Waals surface area contributed by atoms with Crippen molar-refractivity contribution in [3.63, 3.8) is 0 Å². The minimum Gasteiger partial charge on any atom is -0.493 e. The Morgan fingerprint density at radius 2 is 1.76 bits per heavy atom. The first kappa shape index (κ1) is 23.6. The van der Waals surface area contributed by atoms with Gasteiger partial charge in [0.25, 0.3) is 0 Å². The van der Waals surface area contributed by atoms with Crippen LogP contribution in [0.25, 0.3) is 0 Å². The molecule has 0 radical (unpaired) electrons. The number of ether oxygens (including phenoxy) is 1. The highest BCUT2D eigenvalue weighted by atomic mass is 31.0. The molecule has 2 atom stereocenters. The van der Waals surface area contributed by atoms with Crippen LogP contribution in [0.1, 0.15) is 77.7 Å². The lowest BCUT2D eigenvalue weighted by molar-refractivity contribution is 0.0992. The summed E-state index contributed by atoms with van der Waals surface area (Å²) in [4.78, 5) is 13.2. The van der Waals surface area contributed by atoms with E-state index in [1.165, 1.54) is 30.4 Å². The molecule has 0 bridgehead atoms. The summed E-state index contributed by atoms with van der Waals surface area (Å²) in [6.45, 7) is 13.5. The lowest BCUT2D eigenvalue weighted by Gasteiger charge is -2.17. The number of carbonyl (C=O) groups excluding carboxylic acids is 1. The fourth-order valence-electron chi connectivity index (χ4n) is 3.91. The van der Waals surface area contributed by atoms with Gasteiger partial charge in [-0.3, -0.25) is 4.79 Å². The highest BCUT2D eigenvalue weighted by Crippen LogP contribution is 2.24. The summed E-state index contributed by atoms with van der Waals surface area (Å²) >= 11 is 0. The first-order valence-corrected chi connectivity index (χ1v) is 11.5. The smallest absolute Gasteiger partial charge is 0.167 e. The standard InChI is InChI=1S/C26H37O2P/c1-7-9-10-21(8-2)16-28-23-11-12-25(29)22(14-23)15-24(27)26-18(4)13-17(3)19(5)20(26)6/h11-14,21H,7-10,15-16,29H2,1-6H3. The van der Waals surface area contributed by atoms with Gasteiger partial charge in [0.05, 0.1) is 6.61 Å². The Morgan fingerprint density at radius 3 is 2.41 bits per heavy atom. The Labute approximate surface area is 179 Å². The average Bonchev–Trinajstić information content (AvgIpc) is 2.68. The summed E-state index contributed by atoms with van der Waals surface area (Å²) in [7, 11) is 2.76. The topological polar surface area (TPSA) is 26.3 Å². The summed E-state index contributed by atoms with van der Waals surface area (Å²) in [5.74, 6) is 1.64. The van der Waals surface area contributed by atoms with Crippen LogP contribution >= 0.6 is 9.24 Å². The van der Waals surface area contributed by atoms with E-state index in [-0.39, 0.29) is 5.78 Å². The molecule has 2 unspecified atom stereocenters. The van der Waals surface area contributed by atoms with E-state index >= 15 is 0 Å². The van der Waals surface area contributed by atoms with E-state index in [0.29, 0.717) is 12.3 Å². The Bertz CT molecular complexity index is 854. The molecule has 0 N–H and O–H groups in total. The molecule has 0 saturated heterocycles. The number of ketones is 1. The number of aryl methyl sites for hydroxylation is 2. The molecule has 0 aliphatic carbocycles. The molecule has 158 valence electrons. The molecule has 0 aliphatic rings. The number of Topliss-reactive ketones (excluding diaryl/α,β-unsaturated/α-hetero) is 1. The number of hydrogen-bond acceptors (Lipinski definition) is 2. The van der Waals surface area contributed by atoms with Crippen LogP contribution < -0.4 is 10.0 Å². The van der Waals surface area contributed by atoms with Gasteiger partial charge in [0.15, 0.2) is 5.78 Å². The van der Waals surface area contributed by atoms with Crippen LogP contribution in [0.2, 0.25) is 0 Å². The van der Waals surface area contributed by atoms with Gasteiger partial charge < -0.3 is 4.74 Å². The van der Waals surface area contributed by atoms with Crippen LogP contribution in [-0.2, 0) is 6.42 Å². The molecule has 0 heterocycles. The summed E-state index contributed by atoms with van der Waals surface area (Å²) in [5, 5.41) is 1.06. The minimum absolute atomic E-state index is 0.179. The normalized spacial score (nSPS) is 12.1. The summed E-state index contributed by atoms with van der Waals surface area (Å²) in [5.41, 5.74) is 6.51. The second-order valence-electron chi connectivity index (χ2n) is 8.32. The molecular weight excluding hydrogens is 375 g/mol. The van der Waals surface area contributed by atoms with Crippen LogP contribution in [0, 0.1) is 33.6 Å². The van der Waals surface area contributed by atoms with E-state index in [9.17, 15) is 4.79 Å². The molecule has 0 amide bonds. The van der Waals surface area contributed by atoms with Gasteiger partial charge in [-0.05, 0) is 85.3 Å². The van der Waals surface area contributed by atoms with E-state index < -0.39 is 0 Å². The number of hydrogen-bond donors (Lipinski definition) is 0. The summed E-state index contributed by atoms with van der Waals surface area (Å²) in [6.07, 6.45) is 5.22. The van der Waals surface area contributed by atoms with E-state index in [0.717, 1.165) is 46.3 Å². The van der Waals surface area contributed by atoms with Gasteiger partial charge in [-0.15, -0.1) is 9.24 Å². The number of unbranched alkanes of at least 4 members (excludes halogenated alkanes) is 1. The molecule has 29 heavy (non-hydrogen) atoms. The van der Waals surface area contributed by atoms with E-state index in [1.54, 1.807) is 0 Å². The van der Waals surface area contributed by atoms with Crippen molar-refractivity contribution < 1.29 is 9.53 Å². The largest absolute Gasteiger partial charge is 0.493 e. The van der Waals surface area contributed by atoms with Crippen LogP contribution in [0.4, 0.5) is 0 Å².